The number of oxazole rings is 1. The summed E-state index contributed by atoms with van der Waals surface area (Å²) in [4.78, 5) is 11.0. The summed E-state index contributed by atoms with van der Waals surface area (Å²) >= 11 is 0. The van der Waals surface area contributed by atoms with Gasteiger partial charge in [0.15, 0.2) is 5.82 Å². The van der Waals surface area contributed by atoms with Gasteiger partial charge in [0.25, 0.3) is 0 Å². The van der Waals surface area contributed by atoms with Gasteiger partial charge in [0, 0.05) is 6.42 Å². The standard InChI is InChI=1S/C13H18N4O2/c1-3-11-15-13(16-19-11)10-5-4-6-17(10)8-12-14-7-9(2)18-12/h7,10H,3-6,8H2,1-2H3/t10-/m1/s1. The topological polar surface area (TPSA) is 68.2 Å². The number of rotatable bonds is 4. The second-order valence-corrected chi connectivity index (χ2v) is 4.89. The molecule has 0 aromatic carbocycles. The van der Waals surface area contributed by atoms with Gasteiger partial charge in [-0.2, -0.15) is 4.98 Å². The number of nitrogens with zero attached hydrogens (tertiary/aromatic N) is 4. The zero-order valence-electron chi connectivity index (χ0n) is 11.3. The number of likely N-dealkylation sites (tertiary alicyclic amines) is 1. The Balaban J connectivity index is 1.74. The lowest BCUT2D eigenvalue weighted by molar-refractivity contribution is 0.211. The lowest BCUT2D eigenvalue weighted by Crippen LogP contribution is -2.23. The van der Waals surface area contributed by atoms with Crippen LogP contribution in [0.1, 0.15) is 49.2 Å². The van der Waals surface area contributed by atoms with Crippen molar-refractivity contribution >= 4 is 0 Å². The van der Waals surface area contributed by atoms with Gasteiger partial charge in [0.1, 0.15) is 5.76 Å². The number of aryl methyl sites for hydroxylation is 2. The molecule has 0 spiro atoms. The van der Waals surface area contributed by atoms with Crippen LogP contribution in [-0.2, 0) is 13.0 Å². The third kappa shape index (κ3) is 2.53. The second-order valence-electron chi connectivity index (χ2n) is 4.89. The summed E-state index contributed by atoms with van der Waals surface area (Å²) < 4.78 is 10.7. The molecule has 3 rings (SSSR count). The Kier molecular flexibility index (Phi) is 3.33. The van der Waals surface area contributed by atoms with Crippen LogP contribution >= 0.6 is 0 Å². The van der Waals surface area contributed by atoms with E-state index in [-0.39, 0.29) is 6.04 Å². The van der Waals surface area contributed by atoms with Crippen LogP contribution in [-0.4, -0.2) is 26.6 Å². The normalized spacial score (nSPS) is 20.2. The van der Waals surface area contributed by atoms with E-state index in [4.69, 9.17) is 8.94 Å². The van der Waals surface area contributed by atoms with Gasteiger partial charge in [0.05, 0.1) is 18.8 Å². The first-order valence-electron chi connectivity index (χ1n) is 6.74. The predicted molar refractivity (Wildman–Crippen MR) is 67.3 cm³/mol. The van der Waals surface area contributed by atoms with E-state index < -0.39 is 0 Å². The van der Waals surface area contributed by atoms with E-state index in [2.05, 4.69) is 20.0 Å². The summed E-state index contributed by atoms with van der Waals surface area (Å²) in [6, 6.07) is 0.219. The summed E-state index contributed by atoms with van der Waals surface area (Å²) in [5.74, 6) is 3.09. The Morgan fingerprint density at radius 2 is 2.32 bits per heavy atom. The van der Waals surface area contributed by atoms with Crippen molar-refractivity contribution in [2.75, 3.05) is 6.54 Å². The van der Waals surface area contributed by atoms with E-state index in [1.54, 1.807) is 6.20 Å². The summed E-state index contributed by atoms with van der Waals surface area (Å²) in [6.07, 6.45) is 4.73. The highest BCUT2D eigenvalue weighted by atomic mass is 16.5. The molecule has 0 amide bonds. The Bertz CT molecular complexity index is 548. The number of hydrogen-bond acceptors (Lipinski definition) is 6. The molecular formula is C13H18N4O2. The minimum atomic E-state index is 0.219. The van der Waals surface area contributed by atoms with Crippen LogP contribution in [0, 0.1) is 6.92 Å². The van der Waals surface area contributed by atoms with Crippen LogP contribution in [0.2, 0.25) is 0 Å². The van der Waals surface area contributed by atoms with Gasteiger partial charge in [-0.25, -0.2) is 4.98 Å². The van der Waals surface area contributed by atoms with Crippen LogP contribution in [0.25, 0.3) is 0 Å². The van der Waals surface area contributed by atoms with Crippen molar-refractivity contribution in [2.24, 2.45) is 0 Å². The molecule has 6 heteroatoms. The van der Waals surface area contributed by atoms with Crippen molar-refractivity contribution < 1.29 is 8.94 Å². The maximum Gasteiger partial charge on any atom is 0.226 e. The molecule has 1 atom stereocenters. The lowest BCUT2D eigenvalue weighted by Gasteiger charge is -2.19. The van der Waals surface area contributed by atoms with Crippen molar-refractivity contribution in [3.8, 4) is 0 Å². The first-order valence-corrected chi connectivity index (χ1v) is 6.74. The molecule has 1 saturated heterocycles. The Hall–Kier alpha value is -1.69. The average molecular weight is 262 g/mol. The summed E-state index contributed by atoms with van der Waals surface area (Å²) in [5, 5.41) is 4.09. The molecule has 1 aliphatic heterocycles. The zero-order chi connectivity index (χ0) is 13.2. The highest BCUT2D eigenvalue weighted by Gasteiger charge is 2.30. The van der Waals surface area contributed by atoms with E-state index in [9.17, 15) is 0 Å². The SMILES string of the molecule is CCc1nc([C@H]2CCCN2Cc2ncc(C)o2)no1. The first-order chi connectivity index (χ1) is 9.26. The van der Waals surface area contributed by atoms with E-state index in [1.165, 1.54) is 0 Å². The molecule has 1 aliphatic rings. The molecule has 0 radical (unpaired) electrons. The predicted octanol–water partition coefficient (Wildman–Crippen LogP) is 2.27. The van der Waals surface area contributed by atoms with Gasteiger partial charge in [-0.1, -0.05) is 12.1 Å². The van der Waals surface area contributed by atoms with E-state index in [0.29, 0.717) is 12.4 Å². The van der Waals surface area contributed by atoms with E-state index >= 15 is 0 Å². The first kappa shape index (κ1) is 12.3. The molecule has 0 saturated carbocycles. The highest BCUT2D eigenvalue weighted by Crippen LogP contribution is 2.31. The lowest BCUT2D eigenvalue weighted by atomic mass is 10.2. The number of aromatic nitrogens is 3. The quantitative estimate of drug-likeness (QED) is 0.842. The van der Waals surface area contributed by atoms with Gasteiger partial charge in [-0.15, -0.1) is 0 Å². The summed E-state index contributed by atoms with van der Waals surface area (Å²) in [5.41, 5.74) is 0. The second kappa shape index (κ2) is 5.13. The van der Waals surface area contributed by atoms with Crippen LogP contribution in [0.5, 0.6) is 0 Å². The van der Waals surface area contributed by atoms with Gasteiger partial charge < -0.3 is 8.94 Å². The van der Waals surface area contributed by atoms with Crippen LogP contribution < -0.4 is 0 Å². The van der Waals surface area contributed by atoms with E-state index in [0.717, 1.165) is 43.3 Å². The fourth-order valence-electron chi connectivity index (χ4n) is 2.50. The van der Waals surface area contributed by atoms with Crippen molar-refractivity contribution in [3.05, 3.63) is 29.6 Å². The maximum absolute atomic E-state index is 5.54. The summed E-state index contributed by atoms with van der Waals surface area (Å²) in [7, 11) is 0. The molecule has 3 heterocycles. The molecule has 6 nitrogen and oxygen atoms in total. The molecule has 0 N–H and O–H groups in total. The monoisotopic (exact) mass is 262 g/mol. The maximum atomic E-state index is 5.54. The number of hydrogen-bond donors (Lipinski definition) is 0. The van der Waals surface area contributed by atoms with Crippen molar-refractivity contribution in [2.45, 2.75) is 45.7 Å². The Morgan fingerprint density at radius 1 is 1.42 bits per heavy atom. The summed E-state index contributed by atoms with van der Waals surface area (Å²) in [6.45, 7) is 5.64. The van der Waals surface area contributed by atoms with Crippen molar-refractivity contribution in [3.63, 3.8) is 0 Å². The van der Waals surface area contributed by atoms with Crippen molar-refractivity contribution in [1.82, 2.24) is 20.0 Å². The third-order valence-electron chi connectivity index (χ3n) is 3.46. The largest absolute Gasteiger partial charge is 0.445 e. The Labute approximate surface area is 111 Å². The molecule has 2 aromatic rings. The zero-order valence-corrected chi connectivity index (χ0v) is 11.3. The van der Waals surface area contributed by atoms with Crippen LogP contribution in [0.4, 0.5) is 0 Å². The van der Waals surface area contributed by atoms with E-state index in [1.807, 2.05) is 13.8 Å². The average Bonchev–Trinajstić information content (AvgIpc) is 3.10. The fraction of sp³-hybridized carbons (Fsp3) is 0.615. The third-order valence-corrected chi connectivity index (χ3v) is 3.46. The molecule has 2 aromatic heterocycles. The minimum absolute atomic E-state index is 0.219. The van der Waals surface area contributed by atoms with Gasteiger partial charge in [-0.3, -0.25) is 4.90 Å². The molecule has 0 unspecified atom stereocenters. The van der Waals surface area contributed by atoms with Crippen LogP contribution in [0.15, 0.2) is 15.1 Å². The smallest absolute Gasteiger partial charge is 0.226 e. The van der Waals surface area contributed by atoms with Gasteiger partial charge in [0.2, 0.25) is 11.8 Å². The Morgan fingerprint density at radius 3 is 3.00 bits per heavy atom. The van der Waals surface area contributed by atoms with Gasteiger partial charge in [-0.05, 0) is 26.3 Å². The highest BCUT2D eigenvalue weighted by molar-refractivity contribution is 5.00. The van der Waals surface area contributed by atoms with Crippen molar-refractivity contribution in [1.29, 1.82) is 0 Å². The fourth-order valence-corrected chi connectivity index (χ4v) is 2.50. The molecule has 0 bridgehead atoms. The molecule has 1 fully saturated rings. The molecule has 19 heavy (non-hydrogen) atoms. The molecule has 0 aliphatic carbocycles. The van der Waals surface area contributed by atoms with Crippen LogP contribution in [0.3, 0.4) is 0 Å². The minimum Gasteiger partial charge on any atom is -0.445 e. The molecular weight excluding hydrogens is 244 g/mol. The van der Waals surface area contributed by atoms with Gasteiger partial charge >= 0.3 is 0 Å². The molecule has 102 valence electrons.